The van der Waals surface area contributed by atoms with Crippen LogP contribution in [0.25, 0.3) is 0 Å². The van der Waals surface area contributed by atoms with Gasteiger partial charge in [0.1, 0.15) is 0 Å². The van der Waals surface area contributed by atoms with Crippen molar-refractivity contribution < 1.29 is 4.79 Å². The number of carbonyl (C=O) groups excluding carboxylic acids is 1. The van der Waals surface area contributed by atoms with Gasteiger partial charge in [0.15, 0.2) is 0 Å². The summed E-state index contributed by atoms with van der Waals surface area (Å²) in [5.41, 5.74) is 1.73. The van der Waals surface area contributed by atoms with Crippen LogP contribution in [0.5, 0.6) is 0 Å². The van der Waals surface area contributed by atoms with Gasteiger partial charge in [-0.2, -0.15) is 0 Å². The third-order valence-corrected chi connectivity index (χ3v) is 2.25. The van der Waals surface area contributed by atoms with Crippen LogP contribution in [-0.4, -0.2) is 19.5 Å². The average Bonchev–Trinajstić information content (AvgIpc) is 2.29. The number of rotatable bonds is 5. The molecular formula is C12H18N2O. The molecule has 0 bridgehead atoms. The fourth-order valence-corrected chi connectivity index (χ4v) is 1.27. The van der Waals surface area contributed by atoms with E-state index in [1.54, 1.807) is 0 Å². The van der Waals surface area contributed by atoms with Crippen molar-refractivity contribution in [1.29, 1.82) is 0 Å². The number of anilines is 1. The van der Waals surface area contributed by atoms with Crippen LogP contribution in [0.1, 0.15) is 30.1 Å². The molecule has 2 N–H and O–H groups in total. The highest BCUT2D eigenvalue weighted by molar-refractivity contribution is 5.94. The lowest BCUT2D eigenvalue weighted by atomic mass is 10.2. The number of hydrogen-bond acceptors (Lipinski definition) is 2. The monoisotopic (exact) mass is 206 g/mol. The molecule has 3 heteroatoms. The summed E-state index contributed by atoms with van der Waals surface area (Å²) in [5, 5.41) is 5.89. The molecule has 0 atom stereocenters. The third-order valence-electron chi connectivity index (χ3n) is 2.25. The third kappa shape index (κ3) is 3.62. The Kier molecular flexibility index (Phi) is 4.68. The second kappa shape index (κ2) is 6.06. The Bertz CT molecular complexity index is 306. The van der Waals surface area contributed by atoms with Crippen LogP contribution in [0, 0.1) is 0 Å². The largest absolute Gasteiger partial charge is 0.388 e. The van der Waals surface area contributed by atoms with Crippen LogP contribution < -0.4 is 10.6 Å². The lowest BCUT2D eigenvalue weighted by Crippen LogP contribution is -2.24. The van der Waals surface area contributed by atoms with E-state index in [0.29, 0.717) is 5.56 Å². The summed E-state index contributed by atoms with van der Waals surface area (Å²) in [6.45, 7) is 2.86. The van der Waals surface area contributed by atoms with Crippen molar-refractivity contribution in [3.63, 3.8) is 0 Å². The Morgan fingerprint density at radius 2 is 1.93 bits per heavy atom. The van der Waals surface area contributed by atoms with Crippen molar-refractivity contribution in [2.45, 2.75) is 19.8 Å². The normalized spacial score (nSPS) is 9.73. The molecule has 1 aromatic rings. The van der Waals surface area contributed by atoms with E-state index in [0.717, 1.165) is 25.1 Å². The Hall–Kier alpha value is -1.51. The molecule has 0 aliphatic heterocycles. The molecule has 1 aromatic carbocycles. The maximum absolute atomic E-state index is 11.6. The maximum Gasteiger partial charge on any atom is 0.251 e. The fraction of sp³-hybridized carbons (Fsp3) is 0.417. The van der Waals surface area contributed by atoms with E-state index in [1.807, 2.05) is 31.3 Å². The number of amides is 1. The zero-order valence-electron chi connectivity index (χ0n) is 9.34. The lowest BCUT2D eigenvalue weighted by Gasteiger charge is -2.05. The van der Waals surface area contributed by atoms with Crippen LogP contribution in [0.3, 0.4) is 0 Å². The van der Waals surface area contributed by atoms with Crippen molar-refractivity contribution in [1.82, 2.24) is 5.32 Å². The van der Waals surface area contributed by atoms with Crippen LogP contribution in [0.2, 0.25) is 0 Å². The molecule has 0 aliphatic rings. The van der Waals surface area contributed by atoms with Crippen molar-refractivity contribution >= 4 is 11.6 Å². The molecular weight excluding hydrogens is 188 g/mol. The summed E-state index contributed by atoms with van der Waals surface area (Å²) >= 11 is 0. The Morgan fingerprint density at radius 1 is 1.27 bits per heavy atom. The van der Waals surface area contributed by atoms with Crippen LogP contribution in [0.4, 0.5) is 5.69 Å². The van der Waals surface area contributed by atoms with Gasteiger partial charge in [-0.15, -0.1) is 0 Å². The van der Waals surface area contributed by atoms with E-state index >= 15 is 0 Å². The number of unbranched alkanes of at least 4 members (excludes halogenated alkanes) is 1. The van der Waals surface area contributed by atoms with E-state index < -0.39 is 0 Å². The SMILES string of the molecule is CCCCNC(=O)c1ccc(NC)cc1. The quantitative estimate of drug-likeness (QED) is 0.725. The van der Waals surface area contributed by atoms with Crippen LogP contribution in [-0.2, 0) is 0 Å². The van der Waals surface area contributed by atoms with Crippen LogP contribution in [0.15, 0.2) is 24.3 Å². The van der Waals surface area contributed by atoms with Gasteiger partial charge in [-0.25, -0.2) is 0 Å². The summed E-state index contributed by atoms with van der Waals surface area (Å²) < 4.78 is 0. The molecule has 1 amide bonds. The van der Waals surface area contributed by atoms with Crippen molar-refractivity contribution in [3.05, 3.63) is 29.8 Å². The maximum atomic E-state index is 11.6. The van der Waals surface area contributed by atoms with Gasteiger partial charge in [0.05, 0.1) is 0 Å². The predicted octanol–water partition coefficient (Wildman–Crippen LogP) is 2.26. The first-order valence-electron chi connectivity index (χ1n) is 5.34. The summed E-state index contributed by atoms with van der Waals surface area (Å²) in [5.74, 6) is 0.00565. The van der Waals surface area contributed by atoms with Gasteiger partial charge in [-0.05, 0) is 30.7 Å². The number of hydrogen-bond donors (Lipinski definition) is 2. The molecule has 0 fully saturated rings. The number of carbonyl (C=O) groups is 1. The number of benzene rings is 1. The molecule has 0 unspecified atom stereocenters. The minimum atomic E-state index is 0.00565. The number of nitrogens with one attached hydrogen (secondary N) is 2. The molecule has 0 radical (unpaired) electrons. The standard InChI is InChI=1S/C12H18N2O/c1-3-4-9-14-12(15)10-5-7-11(13-2)8-6-10/h5-8,13H,3-4,9H2,1-2H3,(H,14,15). The first-order valence-corrected chi connectivity index (χ1v) is 5.34. The van der Waals surface area contributed by atoms with E-state index in [2.05, 4.69) is 17.6 Å². The van der Waals surface area contributed by atoms with Gasteiger partial charge in [-0.1, -0.05) is 13.3 Å². The molecule has 0 aromatic heterocycles. The summed E-state index contributed by atoms with van der Waals surface area (Å²) in [4.78, 5) is 11.6. The predicted molar refractivity (Wildman–Crippen MR) is 63.2 cm³/mol. The van der Waals surface area contributed by atoms with E-state index in [4.69, 9.17) is 0 Å². The highest BCUT2D eigenvalue weighted by Crippen LogP contribution is 2.08. The molecule has 1 rings (SSSR count). The molecule has 0 heterocycles. The van der Waals surface area contributed by atoms with E-state index in [-0.39, 0.29) is 5.91 Å². The van der Waals surface area contributed by atoms with Gasteiger partial charge in [0, 0.05) is 24.8 Å². The van der Waals surface area contributed by atoms with Gasteiger partial charge in [0.2, 0.25) is 0 Å². The molecule has 15 heavy (non-hydrogen) atoms. The molecule has 0 aliphatic carbocycles. The Balaban J connectivity index is 2.50. The van der Waals surface area contributed by atoms with Gasteiger partial charge >= 0.3 is 0 Å². The highest BCUT2D eigenvalue weighted by atomic mass is 16.1. The van der Waals surface area contributed by atoms with Crippen molar-refractivity contribution in [3.8, 4) is 0 Å². The van der Waals surface area contributed by atoms with Crippen molar-refractivity contribution in [2.75, 3.05) is 18.9 Å². The molecule has 0 saturated carbocycles. The van der Waals surface area contributed by atoms with Gasteiger partial charge in [-0.3, -0.25) is 4.79 Å². The highest BCUT2D eigenvalue weighted by Gasteiger charge is 2.03. The topological polar surface area (TPSA) is 41.1 Å². The minimum absolute atomic E-state index is 0.00565. The summed E-state index contributed by atoms with van der Waals surface area (Å²) in [7, 11) is 1.86. The second-order valence-corrected chi connectivity index (χ2v) is 3.44. The lowest BCUT2D eigenvalue weighted by molar-refractivity contribution is 0.0953. The molecule has 3 nitrogen and oxygen atoms in total. The molecule has 0 saturated heterocycles. The first-order chi connectivity index (χ1) is 7.27. The van der Waals surface area contributed by atoms with Crippen LogP contribution >= 0.6 is 0 Å². The fourth-order valence-electron chi connectivity index (χ4n) is 1.27. The Morgan fingerprint density at radius 3 is 2.47 bits per heavy atom. The zero-order valence-corrected chi connectivity index (χ0v) is 9.34. The summed E-state index contributed by atoms with van der Waals surface area (Å²) in [6, 6.07) is 7.45. The van der Waals surface area contributed by atoms with Gasteiger partial charge in [0.25, 0.3) is 5.91 Å². The smallest absolute Gasteiger partial charge is 0.251 e. The minimum Gasteiger partial charge on any atom is -0.388 e. The molecule has 0 spiro atoms. The Labute approximate surface area is 90.9 Å². The zero-order chi connectivity index (χ0) is 11.1. The second-order valence-electron chi connectivity index (χ2n) is 3.44. The van der Waals surface area contributed by atoms with Crippen molar-refractivity contribution in [2.24, 2.45) is 0 Å². The molecule has 82 valence electrons. The van der Waals surface area contributed by atoms with E-state index in [1.165, 1.54) is 0 Å². The van der Waals surface area contributed by atoms with E-state index in [9.17, 15) is 4.79 Å². The average molecular weight is 206 g/mol. The van der Waals surface area contributed by atoms with Gasteiger partial charge < -0.3 is 10.6 Å². The summed E-state index contributed by atoms with van der Waals surface area (Å²) in [6.07, 6.45) is 2.12. The first kappa shape index (κ1) is 11.6.